The van der Waals surface area contributed by atoms with Crippen LogP contribution in [0, 0.1) is 28.8 Å². The van der Waals surface area contributed by atoms with Crippen molar-refractivity contribution in [2.45, 2.75) is 0 Å². The average molecular weight is 640 g/mol. The van der Waals surface area contributed by atoms with Crippen LogP contribution >= 0.6 is 0 Å². The molecule has 6 heteroatoms. The second kappa shape index (κ2) is 11.0. The fraction of sp³-hybridized carbons (Fsp3) is 0. The first-order valence-corrected chi connectivity index (χ1v) is 15.8. The Bertz CT molecular complexity index is 2510. The maximum absolute atomic E-state index is 15.7. The molecule has 0 radical (unpaired) electrons. The van der Waals surface area contributed by atoms with Crippen LogP contribution in [0.3, 0.4) is 0 Å². The lowest BCUT2D eigenvalue weighted by atomic mass is 9.91. The van der Waals surface area contributed by atoms with Crippen LogP contribution in [0.2, 0.25) is 0 Å². The van der Waals surface area contributed by atoms with Crippen LogP contribution in [0.15, 0.2) is 146 Å². The van der Waals surface area contributed by atoms with Gasteiger partial charge < -0.3 is 9.13 Å². The highest BCUT2D eigenvalue weighted by Gasteiger charge is 2.27. The van der Waals surface area contributed by atoms with Gasteiger partial charge in [-0.3, -0.25) is 0 Å². The highest BCUT2D eigenvalue weighted by atomic mass is 19.2. The lowest BCUT2D eigenvalue weighted by molar-refractivity contribution is 0.450. The number of benzene rings is 7. The molecule has 0 fully saturated rings. The first-order valence-electron chi connectivity index (χ1n) is 15.8. The fourth-order valence-corrected chi connectivity index (χ4v) is 7.27. The zero-order chi connectivity index (χ0) is 33.2. The molecule has 2 heterocycles. The summed E-state index contributed by atoms with van der Waals surface area (Å²) in [5, 5.41) is 14.7. The number of halogens is 3. The Morgan fingerprint density at radius 1 is 0.388 bits per heavy atom. The number of hydrogen-bond donors (Lipinski definition) is 0. The van der Waals surface area contributed by atoms with Crippen LogP contribution in [0.1, 0.15) is 5.56 Å². The number of nitriles is 1. The zero-order valence-electron chi connectivity index (χ0n) is 25.8. The Morgan fingerprint density at radius 3 is 1.00 bits per heavy atom. The Balaban J connectivity index is 1.17. The third-order valence-corrected chi connectivity index (χ3v) is 9.42. The first-order chi connectivity index (χ1) is 24.0. The van der Waals surface area contributed by atoms with Gasteiger partial charge in [0.25, 0.3) is 0 Å². The Morgan fingerprint density at radius 2 is 0.694 bits per heavy atom. The number of nitrogens with zero attached hydrogens (tertiary/aromatic N) is 3. The topological polar surface area (TPSA) is 33.6 Å². The van der Waals surface area contributed by atoms with Crippen molar-refractivity contribution in [3.05, 3.63) is 169 Å². The monoisotopic (exact) mass is 639 g/mol. The van der Waals surface area contributed by atoms with E-state index in [1.54, 1.807) is 48.5 Å². The van der Waals surface area contributed by atoms with E-state index in [9.17, 15) is 5.26 Å². The Labute approximate surface area is 278 Å². The standard InChI is InChI=1S/C43H24F3N3/c44-41-39(26-17-21-28(22-18-26)48-35-13-5-1-9-30(35)31-10-2-6-14-36(31)48)34(25-47)40(42(45)43(41)46)27-19-23-29(24-20-27)49-37-15-7-3-11-32(37)33-12-4-8-16-38(33)49/h1-24H. The molecule has 232 valence electrons. The number of hydrogen-bond acceptors (Lipinski definition) is 1. The highest BCUT2D eigenvalue weighted by Crippen LogP contribution is 2.40. The van der Waals surface area contributed by atoms with Crippen LogP contribution in [0.4, 0.5) is 13.2 Å². The second-order valence-corrected chi connectivity index (χ2v) is 12.0. The molecule has 0 N–H and O–H groups in total. The maximum Gasteiger partial charge on any atom is 0.195 e. The maximum atomic E-state index is 15.7. The number of fused-ring (bicyclic) bond motifs is 6. The van der Waals surface area contributed by atoms with Crippen molar-refractivity contribution < 1.29 is 13.2 Å². The number of para-hydroxylation sites is 4. The van der Waals surface area contributed by atoms with Crippen LogP contribution in [-0.4, -0.2) is 9.13 Å². The SMILES string of the molecule is N#Cc1c(-c2ccc(-n3c4ccccc4c4ccccc43)cc2)c(F)c(F)c(F)c1-c1ccc(-n2c3ccccc3c3ccccc32)cc1. The molecule has 2 aromatic heterocycles. The van der Waals surface area contributed by atoms with Crippen molar-refractivity contribution in [2.75, 3.05) is 0 Å². The second-order valence-electron chi connectivity index (χ2n) is 12.0. The van der Waals surface area contributed by atoms with E-state index in [1.165, 1.54) is 0 Å². The molecule has 0 aliphatic carbocycles. The fourth-order valence-electron chi connectivity index (χ4n) is 7.27. The largest absolute Gasteiger partial charge is 0.309 e. The molecule has 0 bridgehead atoms. The lowest BCUT2D eigenvalue weighted by Crippen LogP contribution is -2.04. The molecular weight excluding hydrogens is 615 g/mol. The molecule has 0 atom stereocenters. The molecular formula is C43H24F3N3. The molecule has 0 saturated heterocycles. The molecule has 0 spiro atoms. The van der Waals surface area contributed by atoms with Crippen molar-refractivity contribution in [1.82, 2.24) is 9.13 Å². The van der Waals surface area contributed by atoms with Crippen molar-refractivity contribution in [1.29, 1.82) is 5.26 Å². The molecule has 0 amide bonds. The summed E-state index contributed by atoms with van der Waals surface area (Å²) in [6.07, 6.45) is 0. The Kier molecular flexibility index (Phi) is 6.43. The van der Waals surface area contributed by atoms with Crippen molar-refractivity contribution >= 4 is 43.6 Å². The van der Waals surface area contributed by atoms with E-state index in [0.717, 1.165) is 55.0 Å². The molecule has 3 nitrogen and oxygen atoms in total. The van der Waals surface area contributed by atoms with Gasteiger partial charge in [-0.15, -0.1) is 0 Å². The zero-order valence-corrected chi connectivity index (χ0v) is 25.8. The molecule has 49 heavy (non-hydrogen) atoms. The van der Waals surface area contributed by atoms with Crippen LogP contribution in [-0.2, 0) is 0 Å². The molecule has 9 aromatic rings. The number of aromatic nitrogens is 2. The summed E-state index contributed by atoms with van der Waals surface area (Å²) in [6.45, 7) is 0. The third-order valence-electron chi connectivity index (χ3n) is 9.42. The predicted molar refractivity (Wildman–Crippen MR) is 191 cm³/mol. The van der Waals surface area contributed by atoms with E-state index in [-0.39, 0.29) is 27.8 Å². The van der Waals surface area contributed by atoms with Crippen LogP contribution < -0.4 is 0 Å². The normalized spacial score (nSPS) is 11.6. The smallest absolute Gasteiger partial charge is 0.195 e. The van der Waals surface area contributed by atoms with Gasteiger partial charge in [0.1, 0.15) is 6.07 Å². The van der Waals surface area contributed by atoms with E-state index < -0.39 is 17.5 Å². The van der Waals surface area contributed by atoms with Gasteiger partial charge in [-0.2, -0.15) is 5.26 Å². The minimum Gasteiger partial charge on any atom is -0.309 e. The summed E-state index contributed by atoms with van der Waals surface area (Å²) in [4.78, 5) is 0. The van der Waals surface area contributed by atoms with Gasteiger partial charge in [0.05, 0.1) is 27.6 Å². The molecule has 0 aliphatic rings. The Hall–Kier alpha value is -6.58. The minimum atomic E-state index is -1.62. The van der Waals surface area contributed by atoms with Gasteiger partial charge >= 0.3 is 0 Å². The van der Waals surface area contributed by atoms with Crippen molar-refractivity contribution in [3.8, 4) is 39.7 Å². The van der Waals surface area contributed by atoms with Gasteiger partial charge in [-0.1, -0.05) is 97.1 Å². The summed E-state index contributed by atoms with van der Waals surface area (Å²) in [6, 6.07) is 48.0. The summed E-state index contributed by atoms with van der Waals surface area (Å²) < 4.78 is 50.9. The predicted octanol–water partition coefficient (Wildman–Crippen LogP) is 11.5. The van der Waals surface area contributed by atoms with Gasteiger partial charge in [0.15, 0.2) is 17.5 Å². The van der Waals surface area contributed by atoms with Crippen molar-refractivity contribution in [3.63, 3.8) is 0 Å². The summed E-state index contributed by atoms with van der Waals surface area (Å²) in [5.41, 5.74) is 5.31. The van der Waals surface area contributed by atoms with E-state index in [2.05, 4.69) is 33.4 Å². The average Bonchev–Trinajstić information content (AvgIpc) is 3.67. The third kappa shape index (κ3) is 4.23. The van der Waals surface area contributed by atoms with E-state index in [4.69, 9.17) is 0 Å². The molecule has 0 unspecified atom stereocenters. The minimum absolute atomic E-state index is 0.264. The van der Waals surface area contributed by atoms with Crippen LogP contribution in [0.25, 0.3) is 77.2 Å². The van der Waals surface area contributed by atoms with Gasteiger partial charge in [-0.25, -0.2) is 13.2 Å². The van der Waals surface area contributed by atoms with Gasteiger partial charge in [-0.05, 0) is 59.7 Å². The quantitative estimate of drug-likeness (QED) is 0.176. The van der Waals surface area contributed by atoms with Crippen LogP contribution in [0.5, 0.6) is 0 Å². The van der Waals surface area contributed by atoms with Gasteiger partial charge in [0.2, 0.25) is 0 Å². The molecule has 9 rings (SSSR count). The molecule has 7 aromatic carbocycles. The van der Waals surface area contributed by atoms with E-state index >= 15 is 13.2 Å². The van der Waals surface area contributed by atoms with E-state index in [0.29, 0.717) is 0 Å². The summed E-state index contributed by atoms with van der Waals surface area (Å²) in [5.74, 6) is -4.42. The summed E-state index contributed by atoms with van der Waals surface area (Å²) in [7, 11) is 0. The number of rotatable bonds is 4. The first kappa shape index (κ1) is 28.6. The highest BCUT2D eigenvalue weighted by molar-refractivity contribution is 6.10. The van der Waals surface area contributed by atoms with Gasteiger partial charge in [0, 0.05) is 44.0 Å². The molecule has 0 saturated carbocycles. The van der Waals surface area contributed by atoms with Crippen molar-refractivity contribution in [2.24, 2.45) is 0 Å². The molecule has 0 aliphatic heterocycles. The lowest BCUT2D eigenvalue weighted by Gasteiger charge is -2.16. The van der Waals surface area contributed by atoms with E-state index in [1.807, 2.05) is 78.9 Å². The summed E-state index contributed by atoms with van der Waals surface area (Å²) >= 11 is 0.